The summed E-state index contributed by atoms with van der Waals surface area (Å²) in [6.45, 7) is 2.09. The number of nitrogens with one attached hydrogen (secondary N) is 1. The zero-order chi connectivity index (χ0) is 25.5. The molecule has 4 rings (SSSR count). The molecular weight excluding hydrogens is 465 g/mol. The van der Waals surface area contributed by atoms with Gasteiger partial charge in [-0.15, -0.1) is 0 Å². The Morgan fingerprint density at radius 1 is 1.26 bits per heavy atom. The van der Waals surface area contributed by atoms with Gasteiger partial charge >= 0.3 is 6.18 Å². The molecule has 1 aliphatic rings. The molecule has 0 saturated heterocycles. The quantitative estimate of drug-likeness (QED) is 0.562. The normalized spacial score (nSPS) is 17.5. The Hall–Kier alpha value is -3.70. The lowest BCUT2D eigenvalue weighted by Gasteiger charge is -2.34. The van der Waals surface area contributed by atoms with Crippen molar-refractivity contribution in [1.82, 2.24) is 24.5 Å². The Morgan fingerprint density at radius 3 is 2.57 bits per heavy atom. The van der Waals surface area contributed by atoms with Gasteiger partial charge in [0.25, 0.3) is 5.91 Å². The number of ether oxygens (including phenoxy) is 2. The summed E-state index contributed by atoms with van der Waals surface area (Å²) in [5.74, 6) is 0.444. The summed E-state index contributed by atoms with van der Waals surface area (Å²) in [5.41, 5.74) is 2.25. The minimum Gasteiger partial charge on any atom is -0.493 e. The summed E-state index contributed by atoms with van der Waals surface area (Å²) in [6.07, 6.45) is -1.87. The molecule has 2 atom stereocenters. The van der Waals surface area contributed by atoms with Crippen molar-refractivity contribution in [3.63, 3.8) is 0 Å². The average molecular weight is 493 g/mol. The van der Waals surface area contributed by atoms with E-state index in [4.69, 9.17) is 9.47 Å². The van der Waals surface area contributed by atoms with Crippen LogP contribution in [0.4, 0.5) is 19.0 Å². The molecule has 188 valence electrons. The SMILES string of the molecule is COc1ccc([C@H]2C[C@@H](C(F)(F)F)n3ncc(C(=O)N(C)Cc4cn(C)nc4C)c3N2)cc1OC. The van der Waals surface area contributed by atoms with Crippen LogP contribution in [0.25, 0.3) is 0 Å². The number of nitrogens with zero attached hydrogens (tertiary/aromatic N) is 5. The molecule has 2 aromatic heterocycles. The number of fused-ring (bicyclic) bond motifs is 1. The van der Waals surface area contributed by atoms with Crippen molar-refractivity contribution < 1.29 is 27.4 Å². The summed E-state index contributed by atoms with van der Waals surface area (Å²) in [4.78, 5) is 14.7. The van der Waals surface area contributed by atoms with E-state index < -0.39 is 24.2 Å². The van der Waals surface area contributed by atoms with E-state index in [9.17, 15) is 18.0 Å². The summed E-state index contributed by atoms with van der Waals surface area (Å²) in [5, 5.41) is 11.3. The minimum absolute atomic E-state index is 0.0260. The lowest BCUT2D eigenvalue weighted by Crippen LogP contribution is -2.36. The fourth-order valence-electron chi connectivity index (χ4n) is 4.34. The topological polar surface area (TPSA) is 86.4 Å². The first-order chi connectivity index (χ1) is 16.5. The first-order valence-electron chi connectivity index (χ1n) is 10.9. The largest absolute Gasteiger partial charge is 0.493 e. The van der Waals surface area contributed by atoms with Gasteiger partial charge in [-0.2, -0.15) is 23.4 Å². The van der Waals surface area contributed by atoms with Crippen LogP contribution in [-0.4, -0.2) is 57.8 Å². The Morgan fingerprint density at radius 2 is 1.97 bits per heavy atom. The number of alkyl halides is 3. The number of carbonyl (C=O) groups excluding carboxylic acids is 1. The Kier molecular flexibility index (Phi) is 6.39. The molecule has 0 saturated carbocycles. The highest BCUT2D eigenvalue weighted by Gasteiger charge is 2.47. The lowest BCUT2D eigenvalue weighted by atomic mass is 9.96. The molecule has 0 aliphatic carbocycles. The van der Waals surface area contributed by atoms with Gasteiger partial charge in [0.2, 0.25) is 0 Å². The first-order valence-corrected chi connectivity index (χ1v) is 10.9. The van der Waals surface area contributed by atoms with E-state index in [1.165, 1.54) is 25.3 Å². The molecule has 0 spiro atoms. The lowest BCUT2D eigenvalue weighted by molar-refractivity contribution is -0.173. The second kappa shape index (κ2) is 9.16. The van der Waals surface area contributed by atoms with Crippen LogP contribution in [0.1, 0.15) is 45.7 Å². The number of anilines is 1. The van der Waals surface area contributed by atoms with Crippen molar-refractivity contribution in [3.05, 3.63) is 53.0 Å². The van der Waals surface area contributed by atoms with Gasteiger partial charge in [0.15, 0.2) is 17.5 Å². The molecule has 1 aromatic carbocycles. The zero-order valence-corrected chi connectivity index (χ0v) is 20.1. The molecule has 0 unspecified atom stereocenters. The Bertz CT molecular complexity index is 1240. The highest BCUT2D eigenvalue weighted by Crippen LogP contribution is 2.45. The van der Waals surface area contributed by atoms with Crippen LogP contribution in [0.5, 0.6) is 11.5 Å². The second-order valence-electron chi connectivity index (χ2n) is 8.53. The zero-order valence-electron chi connectivity index (χ0n) is 20.1. The molecule has 1 amide bonds. The van der Waals surface area contributed by atoms with Gasteiger partial charge in [-0.3, -0.25) is 9.48 Å². The predicted molar refractivity (Wildman–Crippen MR) is 122 cm³/mol. The van der Waals surface area contributed by atoms with Crippen LogP contribution >= 0.6 is 0 Å². The number of benzene rings is 1. The monoisotopic (exact) mass is 492 g/mol. The fraction of sp³-hybridized carbons (Fsp3) is 0.435. The first kappa shape index (κ1) is 24.4. The third-order valence-electron chi connectivity index (χ3n) is 6.15. The molecule has 3 aromatic rings. The highest BCUT2D eigenvalue weighted by molar-refractivity contribution is 5.98. The maximum absolute atomic E-state index is 14.0. The van der Waals surface area contributed by atoms with Gasteiger partial charge in [0, 0.05) is 38.8 Å². The van der Waals surface area contributed by atoms with Crippen LogP contribution in [-0.2, 0) is 13.6 Å². The van der Waals surface area contributed by atoms with E-state index in [0.717, 1.165) is 15.9 Å². The number of aromatic nitrogens is 4. The molecule has 3 heterocycles. The van der Waals surface area contributed by atoms with Gasteiger partial charge in [-0.05, 0) is 24.6 Å². The smallest absolute Gasteiger partial charge is 0.410 e. The van der Waals surface area contributed by atoms with Crippen LogP contribution in [0.2, 0.25) is 0 Å². The molecular formula is C23H27F3N6O3. The predicted octanol–water partition coefficient (Wildman–Crippen LogP) is 3.87. The molecule has 0 fully saturated rings. The maximum atomic E-state index is 14.0. The molecule has 0 bridgehead atoms. The summed E-state index contributed by atoms with van der Waals surface area (Å²) < 4.78 is 55.2. The fourth-order valence-corrected chi connectivity index (χ4v) is 4.34. The molecule has 9 nitrogen and oxygen atoms in total. The van der Waals surface area contributed by atoms with E-state index >= 15 is 0 Å². The van der Waals surface area contributed by atoms with Crippen molar-refractivity contribution in [3.8, 4) is 11.5 Å². The molecule has 35 heavy (non-hydrogen) atoms. The minimum atomic E-state index is -4.56. The average Bonchev–Trinajstić information content (AvgIpc) is 3.38. The summed E-state index contributed by atoms with van der Waals surface area (Å²) in [6, 6.07) is 2.32. The van der Waals surface area contributed by atoms with Crippen LogP contribution in [0.15, 0.2) is 30.6 Å². The second-order valence-corrected chi connectivity index (χ2v) is 8.53. The molecule has 0 radical (unpaired) electrons. The van der Waals surface area contributed by atoms with Crippen molar-refractivity contribution in [1.29, 1.82) is 0 Å². The Balaban J connectivity index is 1.68. The van der Waals surface area contributed by atoms with E-state index in [-0.39, 0.29) is 24.3 Å². The number of hydrogen-bond donors (Lipinski definition) is 1. The number of rotatable bonds is 6. The van der Waals surface area contributed by atoms with Crippen LogP contribution in [0, 0.1) is 6.92 Å². The summed E-state index contributed by atoms with van der Waals surface area (Å²) in [7, 11) is 6.31. The van der Waals surface area contributed by atoms with Crippen LogP contribution < -0.4 is 14.8 Å². The molecule has 12 heteroatoms. The number of hydrogen-bond acceptors (Lipinski definition) is 6. The third kappa shape index (κ3) is 4.64. The summed E-state index contributed by atoms with van der Waals surface area (Å²) >= 11 is 0. The van der Waals surface area contributed by atoms with Gasteiger partial charge < -0.3 is 19.7 Å². The third-order valence-corrected chi connectivity index (χ3v) is 6.15. The van der Waals surface area contributed by atoms with Gasteiger partial charge in [-0.25, -0.2) is 4.68 Å². The van der Waals surface area contributed by atoms with E-state index in [1.807, 2.05) is 6.92 Å². The van der Waals surface area contributed by atoms with E-state index in [0.29, 0.717) is 17.1 Å². The van der Waals surface area contributed by atoms with Crippen molar-refractivity contribution in [2.24, 2.45) is 7.05 Å². The molecule has 1 aliphatic heterocycles. The highest BCUT2D eigenvalue weighted by atomic mass is 19.4. The maximum Gasteiger partial charge on any atom is 0.410 e. The van der Waals surface area contributed by atoms with Crippen LogP contribution in [0.3, 0.4) is 0 Å². The molecule has 1 N–H and O–H groups in total. The van der Waals surface area contributed by atoms with E-state index in [2.05, 4.69) is 15.5 Å². The van der Waals surface area contributed by atoms with Crippen molar-refractivity contribution in [2.45, 2.75) is 38.1 Å². The standard InChI is InChI=1S/C23H27F3N6O3/c1-13-15(12-31(3)29-13)11-30(2)22(33)16-10-27-32-20(23(24,25)26)9-17(28-21(16)32)14-6-7-18(34-4)19(8-14)35-5/h6-8,10,12,17,20,28H,9,11H2,1-5H3/t17-,20+/m1/s1. The number of methoxy groups -OCH3 is 2. The van der Waals surface area contributed by atoms with Crippen molar-refractivity contribution in [2.75, 3.05) is 26.6 Å². The van der Waals surface area contributed by atoms with Gasteiger partial charge in [0.1, 0.15) is 11.4 Å². The van der Waals surface area contributed by atoms with Gasteiger partial charge in [0.05, 0.1) is 32.2 Å². The van der Waals surface area contributed by atoms with E-state index in [1.54, 1.807) is 43.2 Å². The van der Waals surface area contributed by atoms with Crippen molar-refractivity contribution >= 4 is 11.7 Å². The number of aryl methyl sites for hydroxylation is 2. The number of halogens is 3. The number of amides is 1. The number of carbonyl (C=O) groups is 1. The Labute approximate surface area is 200 Å². The van der Waals surface area contributed by atoms with Gasteiger partial charge in [-0.1, -0.05) is 6.07 Å².